The first-order valence-corrected chi connectivity index (χ1v) is 10.4. The molecule has 2 aromatic rings. The van der Waals surface area contributed by atoms with Crippen LogP contribution in [0.3, 0.4) is 0 Å². The maximum atomic E-state index is 15.8. The Morgan fingerprint density at radius 2 is 2.09 bits per heavy atom. The lowest BCUT2D eigenvalue weighted by molar-refractivity contribution is -0.130. The number of halogens is 2. The number of amides is 1. The van der Waals surface area contributed by atoms with E-state index in [-0.39, 0.29) is 11.7 Å². The molecule has 0 radical (unpaired) electrons. The van der Waals surface area contributed by atoms with Crippen LogP contribution in [0.2, 0.25) is 0 Å². The summed E-state index contributed by atoms with van der Waals surface area (Å²) in [6.07, 6.45) is 3.35. The molecular formula is C22H25F2N7O2. The number of nitrogens with zero attached hydrogens (tertiary/aromatic N) is 3. The number of carbonyl (C=O) groups excluding carboxylic acids is 1. The molecular weight excluding hydrogens is 432 g/mol. The lowest BCUT2D eigenvalue weighted by Gasteiger charge is -2.43. The Balaban J connectivity index is 1.97. The summed E-state index contributed by atoms with van der Waals surface area (Å²) in [5.74, 6) is -2.60. The SMILES string of the molecule is COc1ccc(-c2c(N)ncnc2C(C2CCNC2)C2(C(N)=O)C=CC(F)=C(N)C2F)cn1. The second kappa shape index (κ2) is 8.74. The number of nitrogens with one attached hydrogen (secondary N) is 1. The van der Waals surface area contributed by atoms with Crippen LogP contribution in [0.5, 0.6) is 5.88 Å². The number of hydrogen-bond donors (Lipinski definition) is 4. The third-order valence-electron chi connectivity index (χ3n) is 6.42. The Morgan fingerprint density at radius 1 is 1.30 bits per heavy atom. The van der Waals surface area contributed by atoms with E-state index in [1.54, 1.807) is 12.1 Å². The van der Waals surface area contributed by atoms with E-state index in [0.29, 0.717) is 42.2 Å². The molecule has 1 fully saturated rings. The van der Waals surface area contributed by atoms with E-state index in [2.05, 4.69) is 20.3 Å². The highest BCUT2D eigenvalue weighted by molar-refractivity contribution is 5.87. The molecule has 174 valence electrons. The molecule has 4 unspecified atom stereocenters. The minimum atomic E-state index is -2.19. The van der Waals surface area contributed by atoms with Crippen LogP contribution in [0.1, 0.15) is 18.0 Å². The van der Waals surface area contributed by atoms with Crippen molar-refractivity contribution >= 4 is 11.7 Å². The monoisotopic (exact) mass is 457 g/mol. The number of allylic oxidation sites excluding steroid dienone is 3. The van der Waals surface area contributed by atoms with Gasteiger partial charge >= 0.3 is 0 Å². The number of carbonyl (C=O) groups is 1. The van der Waals surface area contributed by atoms with Crippen molar-refractivity contribution in [1.29, 1.82) is 0 Å². The lowest BCUT2D eigenvalue weighted by Crippen LogP contribution is -2.53. The standard InChI is InChI=1S/C22H25F2N7O2/c1-33-14-3-2-11(9-29-14)15-18(30-10-31-20(15)26)16(12-5-7-28-8-12)22(21(27)32)6-4-13(23)17(25)19(22)24/h2-4,6,9-10,12,16,19,28H,5,7-8,25H2,1H3,(H2,27,32)(H2,26,30,31). The highest BCUT2D eigenvalue weighted by Crippen LogP contribution is 2.53. The van der Waals surface area contributed by atoms with E-state index < -0.39 is 34.9 Å². The molecule has 9 nitrogen and oxygen atoms in total. The minimum absolute atomic E-state index is 0.118. The molecule has 4 rings (SSSR count). The number of nitrogens with two attached hydrogens (primary N) is 3. The fourth-order valence-electron chi connectivity index (χ4n) is 4.79. The molecule has 0 bridgehead atoms. The number of hydrogen-bond acceptors (Lipinski definition) is 8. The Labute approximate surface area is 189 Å². The van der Waals surface area contributed by atoms with Crippen molar-refractivity contribution in [2.75, 3.05) is 25.9 Å². The van der Waals surface area contributed by atoms with Gasteiger partial charge in [-0.25, -0.2) is 23.7 Å². The first-order valence-electron chi connectivity index (χ1n) is 10.4. The summed E-state index contributed by atoms with van der Waals surface area (Å²) in [5.41, 5.74) is 16.4. The number of primary amides is 1. The summed E-state index contributed by atoms with van der Waals surface area (Å²) in [7, 11) is 1.49. The summed E-state index contributed by atoms with van der Waals surface area (Å²) in [5, 5.41) is 3.22. The van der Waals surface area contributed by atoms with Crippen LogP contribution in [0.15, 0.2) is 48.3 Å². The molecule has 0 aromatic carbocycles. The first kappa shape index (κ1) is 22.6. The van der Waals surface area contributed by atoms with E-state index in [1.165, 1.54) is 25.7 Å². The van der Waals surface area contributed by atoms with Gasteiger partial charge < -0.3 is 27.3 Å². The van der Waals surface area contributed by atoms with Crippen molar-refractivity contribution in [3.05, 3.63) is 54.0 Å². The number of aromatic nitrogens is 3. The van der Waals surface area contributed by atoms with E-state index in [0.717, 1.165) is 6.08 Å². The van der Waals surface area contributed by atoms with Gasteiger partial charge in [-0.05, 0) is 37.6 Å². The van der Waals surface area contributed by atoms with Crippen LogP contribution < -0.4 is 27.3 Å². The molecule has 2 aliphatic rings. The highest BCUT2D eigenvalue weighted by atomic mass is 19.1. The van der Waals surface area contributed by atoms with Crippen molar-refractivity contribution in [3.63, 3.8) is 0 Å². The van der Waals surface area contributed by atoms with Gasteiger partial charge in [-0.15, -0.1) is 0 Å². The van der Waals surface area contributed by atoms with Crippen LogP contribution in [0.4, 0.5) is 14.6 Å². The summed E-state index contributed by atoms with van der Waals surface area (Å²) in [6, 6.07) is 3.35. The zero-order valence-corrected chi connectivity index (χ0v) is 18.0. The molecule has 1 amide bonds. The molecule has 3 heterocycles. The average Bonchev–Trinajstić information content (AvgIpc) is 3.34. The van der Waals surface area contributed by atoms with E-state index in [9.17, 15) is 9.18 Å². The average molecular weight is 457 g/mol. The quantitative estimate of drug-likeness (QED) is 0.507. The number of alkyl halides is 1. The fourth-order valence-corrected chi connectivity index (χ4v) is 4.79. The number of rotatable bonds is 6. The third kappa shape index (κ3) is 3.67. The normalized spacial score (nSPS) is 25.8. The second-order valence-corrected chi connectivity index (χ2v) is 8.14. The molecule has 0 spiro atoms. The van der Waals surface area contributed by atoms with Crippen LogP contribution in [0.25, 0.3) is 11.1 Å². The maximum absolute atomic E-state index is 15.8. The van der Waals surface area contributed by atoms with Crippen molar-refractivity contribution in [2.24, 2.45) is 22.8 Å². The molecule has 11 heteroatoms. The summed E-state index contributed by atoms with van der Waals surface area (Å²) in [4.78, 5) is 25.7. The van der Waals surface area contributed by atoms with Crippen molar-refractivity contribution in [1.82, 2.24) is 20.3 Å². The largest absolute Gasteiger partial charge is 0.481 e. The molecule has 2 aromatic heterocycles. The van der Waals surface area contributed by atoms with Gasteiger partial charge in [-0.2, -0.15) is 0 Å². The van der Waals surface area contributed by atoms with Crippen molar-refractivity contribution < 1.29 is 18.3 Å². The number of anilines is 1. The van der Waals surface area contributed by atoms with Crippen LogP contribution in [0, 0.1) is 11.3 Å². The van der Waals surface area contributed by atoms with E-state index in [1.807, 2.05) is 0 Å². The Morgan fingerprint density at radius 3 is 2.70 bits per heavy atom. The van der Waals surface area contributed by atoms with Gasteiger partial charge in [-0.1, -0.05) is 6.08 Å². The summed E-state index contributed by atoms with van der Waals surface area (Å²) in [6.45, 7) is 1.12. The minimum Gasteiger partial charge on any atom is -0.481 e. The molecule has 7 N–H and O–H groups in total. The maximum Gasteiger partial charge on any atom is 0.231 e. The molecule has 0 saturated carbocycles. The Bertz CT molecular complexity index is 1120. The first-order chi connectivity index (χ1) is 15.8. The number of pyridine rings is 1. The lowest BCUT2D eigenvalue weighted by atomic mass is 9.61. The fraction of sp³-hybridized carbons (Fsp3) is 0.364. The predicted molar refractivity (Wildman–Crippen MR) is 118 cm³/mol. The zero-order valence-electron chi connectivity index (χ0n) is 18.0. The summed E-state index contributed by atoms with van der Waals surface area (Å²) < 4.78 is 35.1. The van der Waals surface area contributed by atoms with Crippen LogP contribution in [-0.4, -0.2) is 47.2 Å². The zero-order chi connectivity index (χ0) is 23.8. The van der Waals surface area contributed by atoms with Gasteiger partial charge in [0.1, 0.15) is 23.4 Å². The van der Waals surface area contributed by atoms with Gasteiger partial charge in [0.15, 0.2) is 6.17 Å². The second-order valence-electron chi connectivity index (χ2n) is 8.14. The van der Waals surface area contributed by atoms with Crippen molar-refractivity contribution in [3.8, 4) is 17.0 Å². The number of methoxy groups -OCH3 is 1. The van der Waals surface area contributed by atoms with Gasteiger partial charge in [-0.3, -0.25) is 4.79 Å². The van der Waals surface area contributed by atoms with Gasteiger partial charge in [0.25, 0.3) is 0 Å². The Hall–Kier alpha value is -3.60. The molecule has 1 aliphatic carbocycles. The molecule has 4 atom stereocenters. The van der Waals surface area contributed by atoms with E-state index in [4.69, 9.17) is 21.9 Å². The third-order valence-corrected chi connectivity index (χ3v) is 6.42. The predicted octanol–water partition coefficient (Wildman–Crippen LogP) is 1.34. The highest BCUT2D eigenvalue weighted by Gasteiger charge is 2.57. The van der Waals surface area contributed by atoms with Crippen molar-refractivity contribution in [2.45, 2.75) is 18.5 Å². The number of nitrogen functional groups attached to an aromatic ring is 1. The number of ether oxygens (including phenoxy) is 1. The van der Waals surface area contributed by atoms with Gasteiger partial charge in [0, 0.05) is 29.3 Å². The van der Waals surface area contributed by atoms with Gasteiger partial charge in [0.05, 0.1) is 18.5 Å². The molecule has 1 saturated heterocycles. The van der Waals surface area contributed by atoms with Crippen LogP contribution >= 0.6 is 0 Å². The smallest absolute Gasteiger partial charge is 0.231 e. The molecule has 33 heavy (non-hydrogen) atoms. The Kier molecular flexibility index (Phi) is 5.98. The summed E-state index contributed by atoms with van der Waals surface area (Å²) >= 11 is 0. The van der Waals surface area contributed by atoms with Gasteiger partial charge in [0.2, 0.25) is 11.8 Å². The van der Waals surface area contributed by atoms with Crippen LogP contribution in [-0.2, 0) is 4.79 Å². The topological polar surface area (TPSA) is 155 Å². The van der Waals surface area contributed by atoms with E-state index >= 15 is 4.39 Å². The molecule has 1 aliphatic heterocycles.